The number of hydrogen-bond acceptors (Lipinski definition) is 3. The van der Waals surface area contributed by atoms with Gasteiger partial charge in [-0.2, -0.15) is 0 Å². The average Bonchev–Trinajstić information content (AvgIpc) is 2.57. The minimum absolute atomic E-state index is 0.283. The molecule has 0 aliphatic carbocycles. The fourth-order valence-electron chi connectivity index (χ4n) is 1.97. The summed E-state index contributed by atoms with van der Waals surface area (Å²) in [5.41, 5.74) is 3.14. The molecule has 2 aromatic carbocycles. The standard InChI is InChI=1S/C18H19N3O3/c1-12-7-9-14(10-8-12)20-18(24)17(23)19-11-16(22)21-15-6-4-3-5-13(15)2/h3-10H,11H2,1-2H3,(H,19,23)(H,20,24)(H,21,22). The second-order valence-electron chi connectivity index (χ2n) is 5.37. The van der Waals surface area contributed by atoms with E-state index in [1.54, 1.807) is 24.3 Å². The number of anilines is 2. The Bertz CT molecular complexity index is 754. The molecular formula is C18H19N3O3. The van der Waals surface area contributed by atoms with Crippen molar-refractivity contribution in [2.24, 2.45) is 0 Å². The normalized spacial score (nSPS) is 9.92. The molecule has 24 heavy (non-hydrogen) atoms. The molecule has 124 valence electrons. The summed E-state index contributed by atoms with van der Waals surface area (Å²) in [7, 11) is 0. The van der Waals surface area contributed by atoms with Crippen LogP contribution in [0.1, 0.15) is 11.1 Å². The van der Waals surface area contributed by atoms with Gasteiger partial charge in [0.05, 0.1) is 6.54 Å². The summed E-state index contributed by atoms with van der Waals surface area (Å²) in [5, 5.41) is 7.43. The molecule has 2 aromatic rings. The average molecular weight is 325 g/mol. The third kappa shape index (κ3) is 4.95. The molecule has 6 nitrogen and oxygen atoms in total. The fraction of sp³-hybridized carbons (Fsp3) is 0.167. The lowest BCUT2D eigenvalue weighted by atomic mass is 10.2. The van der Waals surface area contributed by atoms with Crippen molar-refractivity contribution < 1.29 is 14.4 Å². The van der Waals surface area contributed by atoms with Crippen molar-refractivity contribution in [3.05, 3.63) is 59.7 Å². The van der Waals surface area contributed by atoms with Crippen LogP contribution in [-0.2, 0) is 14.4 Å². The summed E-state index contributed by atoms with van der Waals surface area (Å²) < 4.78 is 0. The molecule has 2 rings (SSSR count). The number of rotatable bonds is 4. The third-order valence-electron chi connectivity index (χ3n) is 3.34. The lowest BCUT2D eigenvalue weighted by molar-refractivity contribution is -0.136. The van der Waals surface area contributed by atoms with Gasteiger partial charge in [-0.3, -0.25) is 14.4 Å². The van der Waals surface area contributed by atoms with Crippen LogP contribution in [-0.4, -0.2) is 24.3 Å². The Balaban J connectivity index is 1.81. The highest BCUT2D eigenvalue weighted by molar-refractivity contribution is 6.39. The number of carbonyl (C=O) groups excluding carboxylic acids is 3. The lowest BCUT2D eigenvalue weighted by Gasteiger charge is -2.09. The maximum atomic E-state index is 11.8. The molecule has 0 bridgehead atoms. The number of hydrogen-bond donors (Lipinski definition) is 3. The highest BCUT2D eigenvalue weighted by Gasteiger charge is 2.15. The van der Waals surface area contributed by atoms with E-state index in [1.165, 1.54) is 0 Å². The first kappa shape index (κ1) is 17.2. The SMILES string of the molecule is Cc1ccc(NC(=O)C(=O)NCC(=O)Nc2ccccc2C)cc1. The first-order chi connectivity index (χ1) is 11.5. The zero-order valence-corrected chi connectivity index (χ0v) is 13.6. The van der Waals surface area contributed by atoms with Crippen molar-refractivity contribution in [3.63, 3.8) is 0 Å². The Hall–Kier alpha value is -3.15. The Kier molecular flexibility index (Phi) is 5.68. The van der Waals surface area contributed by atoms with Gasteiger partial charge in [-0.05, 0) is 37.6 Å². The largest absolute Gasteiger partial charge is 0.339 e. The minimum atomic E-state index is -0.865. The maximum absolute atomic E-state index is 11.8. The molecule has 0 aliphatic rings. The number of benzene rings is 2. The number of carbonyl (C=O) groups is 3. The summed E-state index contributed by atoms with van der Waals surface area (Å²) in [6.45, 7) is 3.50. The topological polar surface area (TPSA) is 87.3 Å². The Morgan fingerprint density at radius 2 is 1.50 bits per heavy atom. The van der Waals surface area contributed by atoms with Crippen LogP contribution in [0, 0.1) is 13.8 Å². The van der Waals surface area contributed by atoms with E-state index in [1.807, 2.05) is 38.1 Å². The molecule has 0 spiro atoms. The van der Waals surface area contributed by atoms with Gasteiger partial charge in [0.25, 0.3) is 0 Å². The summed E-state index contributed by atoms with van der Waals surface area (Å²) in [4.78, 5) is 35.3. The van der Waals surface area contributed by atoms with E-state index in [0.29, 0.717) is 11.4 Å². The van der Waals surface area contributed by atoms with Crippen molar-refractivity contribution >= 4 is 29.1 Å². The quantitative estimate of drug-likeness (QED) is 0.751. The third-order valence-corrected chi connectivity index (χ3v) is 3.34. The van der Waals surface area contributed by atoms with Gasteiger partial charge in [0.15, 0.2) is 0 Å². The summed E-state index contributed by atoms with van der Waals surface area (Å²) in [6.07, 6.45) is 0. The molecule has 0 heterocycles. The first-order valence-corrected chi connectivity index (χ1v) is 7.47. The second kappa shape index (κ2) is 7.92. The molecule has 0 atom stereocenters. The van der Waals surface area contributed by atoms with Crippen LogP contribution >= 0.6 is 0 Å². The van der Waals surface area contributed by atoms with E-state index in [9.17, 15) is 14.4 Å². The van der Waals surface area contributed by atoms with E-state index in [0.717, 1.165) is 11.1 Å². The van der Waals surface area contributed by atoms with Gasteiger partial charge < -0.3 is 16.0 Å². The van der Waals surface area contributed by atoms with Crippen LogP contribution < -0.4 is 16.0 Å². The lowest BCUT2D eigenvalue weighted by Crippen LogP contribution is -2.39. The van der Waals surface area contributed by atoms with Gasteiger partial charge in [0.1, 0.15) is 0 Å². The molecule has 0 aromatic heterocycles. The van der Waals surface area contributed by atoms with Crippen molar-refractivity contribution in [2.45, 2.75) is 13.8 Å². The molecule has 0 saturated heterocycles. The maximum Gasteiger partial charge on any atom is 0.313 e. The van der Waals surface area contributed by atoms with Crippen molar-refractivity contribution in [2.75, 3.05) is 17.2 Å². The van der Waals surface area contributed by atoms with Gasteiger partial charge in [-0.25, -0.2) is 0 Å². The van der Waals surface area contributed by atoms with Crippen LogP contribution in [0.2, 0.25) is 0 Å². The van der Waals surface area contributed by atoms with Gasteiger partial charge in [-0.1, -0.05) is 35.9 Å². The van der Waals surface area contributed by atoms with Crippen LogP contribution in [0.4, 0.5) is 11.4 Å². The van der Waals surface area contributed by atoms with Crippen LogP contribution in [0.15, 0.2) is 48.5 Å². The highest BCUT2D eigenvalue weighted by atomic mass is 16.2. The second-order valence-corrected chi connectivity index (χ2v) is 5.37. The molecule has 3 amide bonds. The van der Waals surface area contributed by atoms with E-state index >= 15 is 0 Å². The molecule has 0 unspecified atom stereocenters. The predicted molar refractivity (Wildman–Crippen MR) is 92.6 cm³/mol. The predicted octanol–water partition coefficient (Wildman–Crippen LogP) is 2.00. The summed E-state index contributed by atoms with van der Waals surface area (Å²) in [5.74, 6) is -2.08. The summed E-state index contributed by atoms with van der Waals surface area (Å²) >= 11 is 0. The van der Waals surface area contributed by atoms with Gasteiger partial charge >= 0.3 is 11.8 Å². The smallest absolute Gasteiger partial charge is 0.313 e. The number of nitrogens with one attached hydrogen (secondary N) is 3. The van der Waals surface area contributed by atoms with Crippen molar-refractivity contribution in [3.8, 4) is 0 Å². The molecule has 0 radical (unpaired) electrons. The highest BCUT2D eigenvalue weighted by Crippen LogP contribution is 2.12. The molecule has 0 saturated carbocycles. The van der Waals surface area contributed by atoms with Gasteiger partial charge in [-0.15, -0.1) is 0 Å². The molecule has 0 aliphatic heterocycles. The monoisotopic (exact) mass is 325 g/mol. The van der Waals surface area contributed by atoms with Gasteiger partial charge in [0.2, 0.25) is 5.91 Å². The van der Waals surface area contributed by atoms with E-state index in [2.05, 4.69) is 16.0 Å². The fourth-order valence-corrected chi connectivity index (χ4v) is 1.97. The van der Waals surface area contributed by atoms with E-state index in [-0.39, 0.29) is 6.54 Å². The number of aryl methyl sites for hydroxylation is 2. The van der Waals surface area contributed by atoms with Crippen LogP contribution in [0.3, 0.4) is 0 Å². The van der Waals surface area contributed by atoms with E-state index in [4.69, 9.17) is 0 Å². The van der Waals surface area contributed by atoms with Crippen LogP contribution in [0.25, 0.3) is 0 Å². The number of amides is 3. The Labute approximate surface area is 140 Å². The minimum Gasteiger partial charge on any atom is -0.339 e. The Morgan fingerprint density at radius 1 is 0.833 bits per heavy atom. The summed E-state index contributed by atoms with van der Waals surface area (Å²) in [6, 6.07) is 14.3. The first-order valence-electron chi connectivity index (χ1n) is 7.47. The number of para-hydroxylation sites is 1. The van der Waals surface area contributed by atoms with Crippen molar-refractivity contribution in [1.82, 2.24) is 5.32 Å². The van der Waals surface area contributed by atoms with Gasteiger partial charge in [0, 0.05) is 11.4 Å². The van der Waals surface area contributed by atoms with Crippen molar-refractivity contribution in [1.29, 1.82) is 0 Å². The molecule has 0 fully saturated rings. The molecule has 3 N–H and O–H groups in total. The zero-order valence-electron chi connectivity index (χ0n) is 13.6. The molecule has 6 heteroatoms. The molecular weight excluding hydrogens is 306 g/mol. The van der Waals surface area contributed by atoms with Crippen LogP contribution in [0.5, 0.6) is 0 Å². The van der Waals surface area contributed by atoms with E-state index < -0.39 is 17.7 Å². The Morgan fingerprint density at radius 3 is 2.17 bits per heavy atom. The zero-order chi connectivity index (χ0) is 17.5.